The molecule has 2 N–H and O–H groups in total. The van der Waals surface area contributed by atoms with Crippen LogP contribution in [0.3, 0.4) is 0 Å². The fourth-order valence-corrected chi connectivity index (χ4v) is 4.92. The molecule has 0 spiro atoms. The molecule has 27 heavy (non-hydrogen) atoms. The predicted octanol–water partition coefficient (Wildman–Crippen LogP) is 5.18. The Labute approximate surface area is 171 Å². The second kappa shape index (κ2) is 8.46. The van der Waals surface area contributed by atoms with E-state index in [-0.39, 0.29) is 11.8 Å². The van der Waals surface area contributed by atoms with Gasteiger partial charge in [0, 0.05) is 28.4 Å². The number of carbonyl (C=O) groups excluding carboxylic acids is 1. The molecule has 0 amide bonds. The van der Waals surface area contributed by atoms with Gasteiger partial charge in [0.25, 0.3) is 0 Å². The van der Waals surface area contributed by atoms with E-state index in [1.54, 1.807) is 11.8 Å². The van der Waals surface area contributed by atoms with E-state index in [2.05, 4.69) is 50.5 Å². The first-order valence-corrected chi connectivity index (χ1v) is 11.0. The van der Waals surface area contributed by atoms with E-state index in [0.29, 0.717) is 5.75 Å². The van der Waals surface area contributed by atoms with Crippen molar-refractivity contribution in [1.29, 1.82) is 0 Å². The minimum atomic E-state index is -0.0881. The van der Waals surface area contributed by atoms with Gasteiger partial charge in [0.15, 0.2) is 5.78 Å². The average Bonchev–Trinajstić information content (AvgIpc) is 3.13. The van der Waals surface area contributed by atoms with Crippen molar-refractivity contribution in [2.75, 3.05) is 12.3 Å². The van der Waals surface area contributed by atoms with Crippen molar-refractivity contribution in [3.05, 3.63) is 76.4 Å². The first kappa shape index (κ1) is 18.5. The van der Waals surface area contributed by atoms with Gasteiger partial charge >= 0.3 is 0 Å². The summed E-state index contributed by atoms with van der Waals surface area (Å²) in [6.45, 7) is 0.752. The molecule has 1 aromatic heterocycles. The number of para-hydroxylation sites is 1. The molecule has 1 unspecified atom stereocenters. The predicted molar refractivity (Wildman–Crippen MR) is 118 cm³/mol. The largest absolute Gasteiger partial charge is 0.360 e. The Kier molecular flexibility index (Phi) is 5.81. The molecular weight excluding hydrogens is 420 g/mol. The minimum Gasteiger partial charge on any atom is -0.360 e. The van der Waals surface area contributed by atoms with Gasteiger partial charge in [-0.25, -0.2) is 0 Å². The van der Waals surface area contributed by atoms with Gasteiger partial charge in [0.05, 0.1) is 17.3 Å². The van der Waals surface area contributed by atoms with Gasteiger partial charge in [-0.05, 0) is 45.1 Å². The summed E-state index contributed by atoms with van der Waals surface area (Å²) in [6, 6.07) is 16.5. The highest BCUT2D eigenvalue weighted by Gasteiger charge is 2.22. The van der Waals surface area contributed by atoms with Gasteiger partial charge in [0.1, 0.15) is 0 Å². The number of aromatic amines is 1. The van der Waals surface area contributed by atoms with Crippen LogP contribution in [0.1, 0.15) is 17.5 Å². The van der Waals surface area contributed by atoms with Gasteiger partial charge in [-0.15, -0.1) is 11.8 Å². The number of fused-ring (bicyclic) bond motifs is 1. The molecule has 0 fully saturated rings. The monoisotopic (exact) mass is 440 g/mol. The van der Waals surface area contributed by atoms with Crippen molar-refractivity contribution in [2.45, 2.75) is 18.2 Å². The summed E-state index contributed by atoms with van der Waals surface area (Å²) in [5.74, 6) is 1.64. The number of rotatable bonds is 6. The SMILES string of the molecule is O=C(CSCc1c[nH]c2c(Br)cccc12)C1CC(c2ccccc2)=CCN1. The third kappa shape index (κ3) is 4.21. The number of halogens is 1. The Hall–Kier alpha value is -1.82. The summed E-state index contributed by atoms with van der Waals surface area (Å²) in [4.78, 5) is 16.0. The number of carbonyl (C=O) groups is 1. The summed E-state index contributed by atoms with van der Waals surface area (Å²) in [6.07, 6.45) is 5.00. The maximum Gasteiger partial charge on any atom is 0.159 e. The smallest absolute Gasteiger partial charge is 0.159 e. The van der Waals surface area contributed by atoms with Gasteiger partial charge in [-0.2, -0.15) is 0 Å². The molecule has 2 heterocycles. The number of thioether (sulfide) groups is 1. The zero-order chi connectivity index (χ0) is 18.6. The highest BCUT2D eigenvalue weighted by molar-refractivity contribution is 9.10. The van der Waals surface area contributed by atoms with Crippen LogP contribution < -0.4 is 5.32 Å². The summed E-state index contributed by atoms with van der Waals surface area (Å²) >= 11 is 5.26. The Balaban J connectivity index is 1.34. The molecule has 4 rings (SSSR count). The molecular formula is C22H21BrN2OS. The second-order valence-electron chi connectivity index (χ2n) is 6.70. The fourth-order valence-electron chi connectivity index (χ4n) is 3.47. The van der Waals surface area contributed by atoms with Crippen molar-refractivity contribution < 1.29 is 4.79 Å². The summed E-state index contributed by atoms with van der Waals surface area (Å²) in [7, 11) is 0. The number of hydrogen-bond acceptors (Lipinski definition) is 3. The number of H-pyrrole nitrogens is 1. The third-order valence-electron chi connectivity index (χ3n) is 4.92. The number of nitrogens with one attached hydrogen (secondary N) is 2. The molecule has 0 saturated carbocycles. The Morgan fingerprint density at radius 1 is 1.15 bits per heavy atom. The number of hydrogen-bond donors (Lipinski definition) is 2. The molecule has 3 aromatic rings. The zero-order valence-electron chi connectivity index (χ0n) is 14.9. The van der Waals surface area contributed by atoms with E-state index in [0.717, 1.165) is 28.7 Å². The van der Waals surface area contributed by atoms with Crippen LogP contribution in [0.15, 0.2) is 65.3 Å². The molecule has 2 aromatic carbocycles. The van der Waals surface area contributed by atoms with Gasteiger partial charge < -0.3 is 10.3 Å². The molecule has 1 aliphatic heterocycles. The van der Waals surface area contributed by atoms with Crippen molar-refractivity contribution in [2.24, 2.45) is 0 Å². The van der Waals surface area contributed by atoms with Crippen LogP contribution in [0.4, 0.5) is 0 Å². The van der Waals surface area contributed by atoms with Gasteiger partial charge in [-0.1, -0.05) is 48.5 Å². The number of ketones is 1. The van der Waals surface area contributed by atoms with E-state index in [1.807, 2.05) is 36.5 Å². The van der Waals surface area contributed by atoms with Crippen LogP contribution in [-0.4, -0.2) is 29.1 Å². The zero-order valence-corrected chi connectivity index (χ0v) is 17.3. The number of benzene rings is 2. The Bertz CT molecular complexity index is 980. The summed E-state index contributed by atoms with van der Waals surface area (Å²) in [5, 5.41) is 4.56. The standard InChI is InChI=1S/C22H21BrN2OS/c23-19-8-4-7-18-17(12-25-22(18)19)13-27-14-21(26)20-11-16(9-10-24-20)15-5-2-1-3-6-15/h1-9,12,20,24-25H,10-11,13-14H2. The molecule has 5 heteroatoms. The molecule has 1 aliphatic rings. The van der Waals surface area contributed by atoms with E-state index in [1.165, 1.54) is 22.1 Å². The maximum atomic E-state index is 12.7. The lowest BCUT2D eigenvalue weighted by Gasteiger charge is -2.23. The second-order valence-corrected chi connectivity index (χ2v) is 8.54. The van der Waals surface area contributed by atoms with E-state index >= 15 is 0 Å². The van der Waals surface area contributed by atoms with Crippen molar-refractivity contribution in [1.82, 2.24) is 10.3 Å². The normalized spacial score (nSPS) is 17.1. The van der Waals surface area contributed by atoms with Crippen LogP contribution in [0.2, 0.25) is 0 Å². The fraction of sp³-hybridized carbons (Fsp3) is 0.227. The molecule has 3 nitrogen and oxygen atoms in total. The van der Waals surface area contributed by atoms with Crippen LogP contribution >= 0.6 is 27.7 Å². The highest BCUT2D eigenvalue weighted by atomic mass is 79.9. The van der Waals surface area contributed by atoms with Crippen molar-refractivity contribution >= 4 is 50.0 Å². The van der Waals surface area contributed by atoms with Crippen molar-refractivity contribution in [3.8, 4) is 0 Å². The molecule has 0 radical (unpaired) electrons. The number of Topliss-reactive ketones (excluding diaryl/α,β-unsaturated/α-hetero) is 1. The third-order valence-corrected chi connectivity index (χ3v) is 6.59. The van der Waals surface area contributed by atoms with Gasteiger partial charge in [0.2, 0.25) is 0 Å². The lowest BCUT2D eigenvalue weighted by atomic mass is 9.94. The summed E-state index contributed by atoms with van der Waals surface area (Å²) in [5.41, 5.74) is 4.84. The van der Waals surface area contributed by atoms with Crippen LogP contribution in [0.5, 0.6) is 0 Å². The first-order valence-electron chi connectivity index (χ1n) is 9.05. The van der Waals surface area contributed by atoms with Crippen LogP contribution in [0.25, 0.3) is 16.5 Å². The summed E-state index contributed by atoms with van der Waals surface area (Å²) < 4.78 is 1.07. The topological polar surface area (TPSA) is 44.9 Å². The average molecular weight is 441 g/mol. The lowest BCUT2D eigenvalue weighted by molar-refractivity contribution is -0.118. The molecule has 138 valence electrons. The van der Waals surface area contributed by atoms with E-state index in [4.69, 9.17) is 0 Å². The minimum absolute atomic E-state index is 0.0881. The van der Waals surface area contributed by atoms with E-state index < -0.39 is 0 Å². The Morgan fingerprint density at radius 3 is 2.85 bits per heavy atom. The first-order chi connectivity index (χ1) is 13.2. The molecule has 0 aliphatic carbocycles. The lowest BCUT2D eigenvalue weighted by Crippen LogP contribution is -2.40. The highest BCUT2D eigenvalue weighted by Crippen LogP contribution is 2.28. The van der Waals surface area contributed by atoms with Gasteiger partial charge in [-0.3, -0.25) is 4.79 Å². The number of aromatic nitrogens is 1. The Morgan fingerprint density at radius 2 is 2.00 bits per heavy atom. The maximum absolute atomic E-state index is 12.7. The van der Waals surface area contributed by atoms with Crippen molar-refractivity contribution in [3.63, 3.8) is 0 Å². The van der Waals surface area contributed by atoms with Crippen LogP contribution in [-0.2, 0) is 10.5 Å². The quantitative estimate of drug-likeness (QED) is 0.554. The van der Waals surface area contributed by atoms with E-state index in [9.17, 15) is 4.79 Å². The molecule has 0 bridgehead atoms. The molecule has 1 atom stereocenters. The molecule has 0 saturated heterocycles. The van der Waals surface area contributed by atoms with Crippen LogP contribution in [0, 0.1) is 0 Å².